The van der Waals surface area contributed by atoms with Gasteiger partial charge in [-0.1, -0.05) is 12.1 Å². The fraction of sp³-hybridized carbons (Fsp3) is 0.176. The Balaban J connectivity index is 1.86. The first-order chi connectivity index (χ1) is 11.1. The van der Waals surface area contributed by atoms with Crippen LogP contribution in [0.15, 0.2) is 47.4 Å². The van der Waals surface area contributed by atoms with E-state index in [0.29, 0.717) is 16.9 Å². The van der Waals surface area contributed by atoms with Gasteiger partial charge in [-0.25, -0.2) is 4.39 Å². The summed E-state index contributed by atoms with van der Waals surface area (Å²) in [6, 6.07) is 11.6. The maximum Gasteiger partial charge on any atom is 0.232 e. The summed E-state index contributed by atoms with van der Waals surface area (Å²) in [5.41, 5.74) is 1.67. The molecule has 1 aliphatic rings. The predicted molar refractivity (Wildman–Crippen MR) is 89.2 cm³/mol. The lowest BCUT2D eigenvalue weighted by atomic mass is 9.89. The van der Waals surface area contributed by atoms with Crippen LogP contribution in [0.4, 0.5) is 15.8 Å². The highest BCUT2D eigenvalue weighted by Crippen LogP contribution is 2.33. The average molecular weight is 330 g/mol. The van der Waals surface area contributed by atoms with Crippen molar-refractivity contribution in [2.24, 2.45) is 0 Å². The van der Waals surface area contributed by atoms with Gasteiger partial charge in [0.2, 0.25) is 11.8 Å². The molecule has 0 spiro atoms. The molecule has 1 aliphatic heterocycles. The topological polar surface area (TPSA) is 58.2 Å². The molecule has 6 heteroatoms. The van der Waals surface area contributed by atoms with Crippen LogP contribution in [0, 0.1) is 5.82 Å². The number of thioether (sulfide) groups is 1. The van der Waals surface area contributed by atoms with Crippen molar-refractivity contribution in [1.82, 2.24) is 0 Å². The highest BCUT2D eigenvalue weighted by molar-refractivity contribution is 7.98. The lowest BCUT2D eigenvalue weighted by Gasteiger charge is -2.25. The Morgan fingerprint density at radius 2 is 2.13 bits per heavy atom. The van der Waals surface area contributed by atoms with Gasteiger partial charge < -0.3 is 10.6 Å². The van der Waals surface area contributed by atoms with Crippen LogP contribution in [0.25, 0.3) is 0 Å². The van der Waals surface area contributed by atoms with E-state index in [1.807, 2.05) is 24.5 Å². The number of amides is 2. The molecule has 1 heterocycles. The van der Waals surface area contributed by atoms with Crippen LogP contribution in [0.3, 0.4) is 0 Å². The third-order valence-corrected chi connectivity index (χ3v) is 4.43. The number of nitrogens with one attached hydrogen (secondary N) is 2. The first kappa shape index (κ1) is 15.6. The van der Waals surface area contributed by atoms with E-state index in [-0.39, 0.29) is 18.2 Å². The van der Waals surface area contributed by atoms with Gasteiger partial charge in [0, 0.05) is 22.7 Å². The fourth-order valence-corrected chi connectivity index (χ4v) is 3.06. The second-order valence-electron chi connectivity index (χ2n) is 5.26. The van der Waals surface area contributed by atoms with E-state index in [0.717, 1.165) is 4.90 Å². The number of anilines is 2. The number of carbonyl (C=O) groups is 2. The van der Waals surface area contributed by atoms with Gasteiger partial charge in [-0.3, -0.25) is 9.59 Å². The maximum atomic E-state index is 13.3. The number of carbonyl (C=O) groups excluding carboxylic acids is 2. The van der Waals surface area contributed by atoms with Gasteiger partial charge in [0.1, 0.15) is 5.82 Å². The van der Waals surface area contributed by atoms with Crippen LogP contribution in [-0.2, 0) is 9.59 Å². The SMILES string of the molecule is CSc1cccc(NC(=O)[C@H]2CC(=O)Nc3cc(F)ccc32)c1. The van der Waals surface area contributed by atoms with Crippen LogP contribution in [0.1, 0.15) is 17.9 Å². The summed E-state index contributed by atoms with van der Waals surface area (Å²) in [4.78, 5) is 25.4. The number of fused-ring (bicyclic) bond motifs is 1. The zero-order valence-corrected chi connectivity index (χ0v) is 13.2. The molecule has 0 radical (unpaired) electrons. The maximum absolute atomic E-state index is 13.3. The summed E-state index contributed by atoms with van der Waals surface area (Å²) in [5.74, 6) is -1.64. The minimum Gasteiger partial charge on any atom is -0.326 e. The van der Waals surface area contributed by atoms with E-state index in [1.165, 1.54) is 12.1 Å². The van der Waals surface area contributed by atoms with Crippen LogP contribution < -0.4 is 10.6 Å². The van der Waals surface area contributed by atoms with E-state index in [9.17, 15) is 14.0 Å². The minimum atomic E-state index is -0.628. The monoisotopic (exact) mass is 330 g/mol. The Kier molecular flexibility index (Phi) is 4.34. The summed E-state index contributed by atoms with van der Waals surface area (Å²) >= 11 is 1.58. The van der Waals surface area contributed by atoms with Crippen molar-refractivity contribution in [2.75, 3.05) is 16.9 Å². The average Bonchev–Trinajstić information content (AvgIpc) is 2.53. The largest absolute Gasteiger partial charge is 0.326 e. The van der Waals surface area contributed by atoms with Crippen molar-refractivity contribution < 1.29 is 14.0 Å². The van der Waals surface area contributed by atoms with E-state index in [4.69, 9.17) is 0 Å². The first-order valence-electron chi connectivity index (χ1n) is 7.11. The molecule has 0 bridgehead atoms. The van der Waals surface area contributed by atoms with Crippen molar-refractivity contribution in [2.45, 2.75) is 17.2 Å². The Morgan fingerprint density at radius 3 is 2.91 bits per heavy atom. The molecule has 23 heavy (non-hydrogen) atoms. The zero-order chi connectivity index (χ0) is 16.4. The third kappa shape index (κ3) is 3.37. The normalized spacial score (nSPS) is 16.4. The highest BCUT2D eigenvalue weighted by atomic mass is 32.2. The summed E-state index contributed by atoms with van der Waals surface area (Å²) < 4.78 is 13.3. The van der Waals surface area contributed by atoms with Gasteiger partial charge in [0.05, 0.1) is 5.92 Å². The van der Waals surface area contributed by atoms with Gasteiger partial charge in [-0.15, -0.1) is 11.8 Å². The molecule has 0 unspecified atom stereocenters. The highest BCUT2D eigenvalue weighted by Gasteiger charge is 2.31. The molecule has 2 N–H and O–H groups in total. The molecule has 0 aromatic heterocycles. The van der Waals surface area contributed by atoms with Crippen molar-refractivity contribution in [1.29, 1.82) is 0 Å². The predicted octanol–water partition coefficient (Wildman–Crippen LogP) is 3.61. The Labute approximate surface area is 137 Å². The quantitative estimate of drug-likeness (QED) is 0.845. The molecule has 0 saturated carbocycles. The second kappa shape index (κ2) is 6.42. The van der Waals surface area contributed by atoms with Gasteiger partial charge in [0.15, 0.2) is 0 Å². The summed E-state index contributed by atoms with van der Waals surface area (Å²) in [6.07, 6.45) is 2.00. The Morgan fingerprint density at radius 1 is 1.30 bits per heavy atom. The van der Waals surface area contributed by atoms with Crippen molar-refractivity contribution in [3.63, 3.8) is 0 Å². The van der Waals surface area contributed by atoms with E-state index in [1.54, 1.807) is 23.9 Å². The van der Waals surface area contributed by atoms with Crippen LogP contribution >= 0.6 is 11.8 Å². The molecule has 0 saturated heterocycles. The van der Waals surface area contributed by atoms with Crippen LogP contribution in [0.2, 0.25) is 0 Å². The zero-order valence-electron chi connectivity index (χ0n) is 12.4. The van der Waals surface area contributed by atoms with E-state index < -0.39 is 11.7 Å². The molecule has 2 amide bonds. The van der Waals surface area contributed by atoms with Gasteiger partial charge in [-0.05, 0) is 42.2 Å². The molecule has 0 aliphatic carbocycles. The summed E-state index contributed by atoms with van der Waals surface area (Å²) in [6.45, 7) is 0. The molecule has 3 rings (SSSR count). The van der Waals surface area contributed by atoms with Crippen LogP contribution in [0.5, 0.6) is 0 Å². The van der Waals surface area contributed by atoms with E-state index in [2.05, 4.69) is 10.6 Å². The van der Waals surface area contributed by atoms with Crippen LogP contribution in [-0.4, -0.2) is 18.1 Å². The number of hydrogen-bond acceptors (Lipinski definition) is 3. The fourth-order valence-electron chi connectivity index (χ4n) is 2.60. The van der Waals surface area contributed by atoms with Gasteiger partial charge in [-0.2, -0.15) is 0 Å². The number of halogens is 1. The molecular weight excluding hydrogens is 315 g/mol. The smallest absolute Gasteiger partial charge is 0.232 e. The Hall–Kier alpha value is -2.34. The Bertz CT molecular complexity index is 779. The molecule has 1 atom stereocenters. The molecular formula is C17H15FN2O2S. The number of hydrogen-bond donors (Lipinski definition) is 2. The standard InChI is InChI=1S/C17H15FN2O2S/c1-23-12-4-2-3-11(8-12)19-17(22)14-9-16(21)20-15-7-10(18)5-6-13(14)15/h2-8,14H,9H2,1H3,(H,19,22)(H,20,21)/t14-/m0/s1. The number of rotatable bonds is 3. The minimum absolute atomic E-state index is 0.0483. The molecule has 4 nitrogen and oxygen atoms in total. The van der Waals surface area contributed by atoms with Crippen molar-refractivity contribution in [3.05, 3.63) is 53.8 Å². The van der Waals surface area contributed by atoms with E-state index >= 15 is 0 Å². The molecule has 2 aromatic rings. The second-order valence-corrected chi connectivity index (χ2v) is 6.14. The number of benzene rings is 2. The van der Waals surface area contributed by atoms with Crippen molar-refractivity contribution >= 4 is 35.0 Å². The van der Waals surface area contributed by atoms with Crippen molar-refractivity contribution in [3.8, 4) is 0 Å². The first-order valence-corrected chi connectivity index (χ1v) is 8.33. The lowest BCUT2D eigenvalue weighted by molar-refractivity contribution is -0.123. The third-order valence-electron chi connectivity index (χ3n) is 3.71. The summed E-state index contributed by atoms with van der Waals surface area (Å²) in [7, 11) is 0. The molecule has 118 valence electrons. The molecule has 2 aromatic carbocycles. The van der Waals surface area contributed by atoms with Gasteiger partial charge >= 0.3 is 0 Å². The summed E-state index contributed by atoms with van der Waals surface area (Å²) in [5, 5.41) is 5.44. The lowest BCUT2D eigenvalue weighted by Crippen LogP contribution is -2.30. The molecule has 0 fully saturated rings. The van der Waals surface area contributed by atoms with Gasteiger partial charge in [0.25, 0.3) is 0 Å².